The quantitative estimate of drug-likeness (QED) is 0.872. The summed E-state index contributed by atoms with van der Waals surface area (Å²) in [7, 11) is 1.97. The van der Waals surface area contributed by atoms with E-state index in [-0.39, 0.29) is 6.42 Å². The smallest absolute Gasteiger partial charge is 0.304 e. The number of aryl methyl sites for hydroxylation is 2. The van der Waals surface area contributed by atoms with E-state index < -0.39 is 5.97 Å². The molecule has 3 nitrogen and oxygen atoms in total. The van der Waals surface area contributed by atoms with Crippen LogP contribution >= 0.6 is 0 Å². The van der Waals surface area contributed by atoms with Crippen molar-refractivity contribution in [1.82, 2.24) is 4.90 Å². The van der Waals surface area contributed by atoms with Crippen LogP contribution in [0, 0.1) is 27.7 Å². The van der Waals surface area contributed by atoms with Crippen LogP contribution in [0.15, 0.2) is 6.07 Å². The first-order valence-corrected chi connectivity index (χ1v) is 6.29. The van der Waals surface area contributed by atoms with Crippen molar-refractivity contribution in [3.63, 3.8) is 0 Å². The van der Waals surface area contributed by atoms with E-state index in [1.54, 1.807) is 0 Å². The first-order chi connectivity index (χ1) is 8.32. The van der Waals surface area contributed by atoms with E-state index in [9.17, 15) is 4.79 Å². The van der Waals surface area contributed by atoms with E-state index in [1.165, 1.54) is 27.8 Å². The molecule has 0 aliphatic heterocycles. The summed E-state index contributed by atoms with van der Waals surface area (Å²) in [6.45, 7) is 9.93. The monoisotopic (exact) mass is 249 g/mol. The van der Waals surface area contributed by atoms with Gasteiger partial charge in [-0.25, -0.2) is 0 Å². The Morgan fingerprint density at radius 1 is 1.17 bits per heavy atom. The van der Waals surface area contributed by atoms with Gasteiger partial charge < -0.3 is 10.0 Å². The van der Waals surface area contributed by atoms with E-state index in [2.05, 4.69) is 38.7 Å². The maximum Gasteiger partial charge on any atom is 0.304 e. The summed E-state index contributed by atoms with van der Waals surface area (Å²) in [5, 5.41) is 8.70. The van der Waals surface area contributed by atoms with Gasteiger partial charge in [-0.1, -0.05) is 6.07 Å². The molecule has 100 valence electrons. The van der Waals surface area contributed by atoms with Gasteiger partial charge in [0.1, 0.15) is 0 Å². The first kappa shape index (κ1) is 14.7. The molecule has 3 heteroatoms. The number of aliphatic carboxylic acids is 1. The molecule has 0 amide bonds. The van der Waals surface area contributed by atoms with Crippen LogP contribution in [0.3, 0.4) is 0 Å². The fourth-order valence-corrected chi connectivity index (χ4v) is 2.17. The molecule has 1 aromatic rings. The van der Waals surface area contributed by atoms with Gasteiger partial charge in [0.05, 0.1) is 6.42 Å². The summed E-state index contributed by atoms with van der Waals surface area (Å²) >= 11 is 0. The third kappa shape index (κ3) is 3.57. The van der Waals surface area contributed by atoms with Crippen LogP contribution in [-0.4, -0.2) is 29.6 Å². The van der Waals surface area contributed by atoms with Crippen molar-refractivity contribution < 1.29 is 9.90 Å². The lowest BCUT2D eigenvalue weighted by molar-refractivity contribution is -0.137. The van der Waals surface area contributed by atoms with Gasteiger partial charge in [0.2, 0.25) is 0 Å². The Balaban J connectivity index is 2.87. The van der Waals surface area contributed by atoms with Gasteiger partial charge in [-0.3, -0.25) is 4.79 Å². The summed E-state index contributed by atoms with van der Waals surface area (Å²) in [5.41, 5.74) is 6.58. The second-order valence-electron chi connectivity index (χ2n) is 5.12. The Morgan fingerprint density at radius 2 is 1.67 bits per heavy atom. The van der Waals surface area contributed by atoms with Gasteiger partial charge in [-0.15, -0.1) is 0 Å². The number of carbonyl (C=O) groups is 1. The lowest BCUT2D eigenvalue weighted by Crippen LogP contribution is -2.22. The van der Waals surface area contributed by atoms with Crippen LogP contribution in [0.4, 0.5) is 0 Å². The van der Waals surface area contributed by atoms with Gasteiger partial charge in [0.25, 0.3) is 0 Å². The fourth-order valence-electron chi connectivity index (χ4n) is 2.17. The lowest BCUT2D eigenvalue weighted by atomic mass is 9.94. The number of benzene rings is 1. The topological polar surface area (TPSA) is 40.5 Å². The fraction of sp³-hybridized carbons (Fsp3) is 0.533. The van der Waals surface area contributed by atoms with E-state index in [1.807, 2.05) is 7.05 Å². The third-order valence-electron chi connectivity index (χ3n) is 3.66. The minimum Gasteiger partial charge on any atom is -0.481 e. The van der Waals surface area contributed by atoms with Crippen molar-refractivity contribution >= 4 is 5.97 Å². The van der Waals surface area contributed by atoms with Gasteiger partial charge in [0, 0.05) is 13.1 Å². The van der Waals surface area contributed by atoms with E-state index in [0.717, 1.165) is 6.54 Å². The van der Waals surface area contributed by atoms with Crippen molar-refractivity contribution in [1.29, 1.82) is 0 Å². The Bertz CT molecular complexity index is 426. The molecule has 0 saturated carbocycles. The lowest BCUT2D eigenvalue weighted by Gasteiger charge is -2.21. The average Bonchev–Trinajstić information content (AvgIpc) is 2.29. The molecule has 0 fully saturated rings. The van der Waals surface area contributed by atoms with Crippen molar-refractivity contribution in [2.24, 2.45) is 0 Å². The van der Waals surface area contributed by atoms with Crippen LogP contribution in [0.1, 0.15) is 34.2 Å². The van der Waals surface area contributed by atoms with E-state index in [4.69, 9.17) is 5.11 Å². The molecule has 0 heterocycles. The molecule has 18 heavy (non-hydrogen) atoms. The second-order valence-corrected chi connectivity index (χ2v) is 5.12. The number of nitrogens with zero attached hydrogens (tertiary/aromatic N) is 1. The summed E-state index contributed by atoms with van der Waals surface area (Å²) in [6.07, 6.45) is 0.194. The van der Waals surface area contributed by atoms with Crippen molar-refractivity contribution in [3.05, 3.63) is 33.9 Å². The summed E-state index contributed by atoms with van der Waals surface area (Å²) in [4.78, 5) is 12.6. The highest BCUT2D eigenvalue weighted by Crippen LogP contribution is 2.22. The Morgan fingerprint density at radius 3 is 2.11 bits per heavy atom. The third-order valence-corrected chi connectivity index (χ3v) is 3.66. The molecular weight excluding hydrogens is 226 g/mol. The molecule has 1 N–H and O–H groups in total. The molecule has 0 aromatic heterocycles. The molecule has 0 saturated heterocycles. The normalized spacial score (nSPS) is 11.0. The molecule has 0 atom stereocenters. The maximum absolute atomic E-state index is 10.6. The summed E-state index contributed by atoms with van der Waals surface area (Å²) < 4.78 is 0. The standard InChI is InChI=1S/C15H23NO2/c1-10-8-11(2)13(4)14(12(10)3)9-16(5)7-6-15(17)18/h8H,6-7,9H2,1-5H3,(H,17,18). The zero-order valence-corrected chi connectivity index (χ0v) is 12.0. The van der Waals surface area contributed by atoms with Crippen LogP contribution < -0.4 is 0 Å². The molecule has 1 rings (SSSR count). The van der Waals surface area contributed by atoms with Gasteiger partial charge in [0.15, 0.2) is 0 Å². The van der Waals surface area contributed by atoms with Gasteiger partial charge >= 0.3 is 5.97 Å². The van der Waals surface area contributed by atoms with Crippen LogP contribution in [-0.2, 0) is 11.3 Å². The number of hydrogen-bond donors (Lipinski definition) is 1. The minimum atomic E-state index is -0.740. The van der Waals surface area contributed by atoms with Crippen LogP contribution in [0.25, 0.3) is 0 Å². The second kappa shape index (κ2) is 6.01. The van der Waals surface area contributed by atoms with Crippen molar-refractivity contribution in [3.8, 4) is 0 Å². The molecule has 1 aromatic carbocycles. The average molecular weight is 249 g/mol. The maximum atomic E-state index is 10.6. The SMILES string of the molecule is Cc1cc(C)c(C)c(CN(C)CCC(=O)O)c1C. The minimum absolute atomic E-state index is 0.194. The van der Waals surface area contributed by atoms with E-state index in [0.29, 0.717) is 6.54 Å². The Hall–Kier alpha value is -1.35. The molecule has 0 radical (unpaired) electrons. The Labute approximate surface area is 109 Å². The van der Waals surface area contributed by atoms with Crippen molar-refractivity contribution in [2.45, 2.75) is 40.7 Å². The largest absolute Gasteiger partial charge is 0.481 e. The van der Waals surface area contributed by atoms with Crippen LogP contribution in [0.5, 0.6) is 0 Å². The highest BCUT2D eigenvalue weighted by Gasteiger charge is 2.11. The van der Waals surface area contributed by atoms with Crippen LogP contribution in [0.2, 0.25) is 0 Å². The summed E-state index contributed by atoms with van der Waals surface area (Å²) in [6, 6.07) is 2.21. The predicted molar refractivity (Wildman–Crippen MR) is 74.0 cm³/mol. The highest BCUT2D eigenvalue weighted by molar-refractivity contribution is 5.66. The molecule has 0 bridgehead atoms. The molecule has 0 spiro atoms. The number of carboxylic acid groups (broad SMARTS) is 1. The molecule has 0 aliphatic rings. The summed E-state index contributed by atoms with van der Waals surface area (Å²) in [5.74, 6) is -0.740. The van der Waals surface area contributed by atoms with Crippen molar-refractivity contribution in [2.75, 3.05) is 13.6 Å². The molecular formula is C15H23NO2. The zero-order valence-electron chi connectivity index (χ0n) is 12.0. The number of carboxylic acids is 1. The zero-order chi connectivity index (χ0) is 13.9. The van der Waals surface area contributed by atoms with Gasteiger partial charge in [-0.05, 0) is 62.6 Å². The first-order valence-electron chi connectivity index (χ1n) is 6.29. The molecule has 0 aliphatic carbocycles. The van der Waals surface area contributed by atoms with Gasteiger partial charge in [-0.2, -0.15) is 0 Å². The number of hydrogen-bond acceptors (Lipinski definition) is 2. The Kier molecular flexibility index (Phi) is 4.91. The van der Waals surface area contributed by atoms with E-state index >= 15 is 0 Å². The predicted octanol–water partition coefficient (Wildman–Crippen LogP) is 2.83. The number of rotatable bonds is 5. The highest BCUT2D eigenvalue weighted by atomic mass is 16.4. The molecule has 0 unspecified atom stereocenters.